The van der Waals surface area contributed by atoms with E-state index in [4.69, 9.17) is 14.7 Å². The third kappa shape index (κ3) is 5.27. The highest BCUT2D eigenvalue weighted by Gasteiger charge is 2.32. The molecule has 3 atom stereocenters. The Hall–Kier alpha value is -2.68. The largest absolute Gasteiger partial charge is 0.464 e. The molecule has 0 N–H and O–H groups in total. The van der Waals surface area contributed by atoms with Crippen LogP contribution in [0.15, 0.2) is 24.3 Å². The van der Waals surface area contributed by atoms with E-state index in [1.165, 1.54) is 0 Å². The number of para-hydroxylation sites is 2. The summed E-state index contributed by atoms with van der Waals surface area (Å²) in [4.78, 5) is 24.5. The number of benzene rings is 1. The summed E-state index contributed by atoms with van der Waals surface area (Å²) >= 11 is 0. The molecule has 1 aliphatic heterocycles. The second kappa shape index (κ2) is 10.4. The Bertz CT molecular complexity index is 898. The van der Waals surface area contributed by atoms with Gasteiger partial charge in [0.25, 0.3) is 0 Å². The van der Waals surface area contributed by atoms with E-state index in [0.29, 0.717) is 35.5 Å². The number of fused-ring (bicyclic) bond motifs is 1. The molecule has 1 aromatic carbocycles. The second-order valence-electron chi connectivity index (χ2n) is 8.56. The van der Waals surface area contributed by atoms with Crippen molar-refractivity contribution in [1.29, 1.82) is 5.26 Å². The van der Waals surface area contributed by atoms with Gasteiger partial charge < -0.3 is 9.64 Å². The van der Waals surface area contributed by atoms with E-state index in [1.807, 2.05) is 24.3 Å². The maximum atomic E-state index is 12.8. The minimum Gasteiger partial charge on any atom is -0.464 e. The molecule has 30 heavy (non-hydrogen) atoms. The normalized spacial score (nSPS) is 20.0. The molecule has 2 heterocycles. The number of anilines is 1. The first-order chi connectivity index (χ1) is 14.5. The van der Waals surface area contributed by atoms with Crippen LogP contribution < -0.4 is 4.90 Å². The summed E-state index contributed by atoms with van der Waals surface area (Å²) in [6.07, 6.45) is 5.23. The van der Waals surface area contributed by atoms with Gasteiger partial charge in [0.05, 0.1) is 23.7 Å². The van der Waals surface area contributed by atoms with Gasteiger partial charge in [0.2, 0.25) is 0 Å². The number of hydrogen-bond acceptors (Lipinski definition) is 6. The average Bonchev–Trinajstić information content (AvgIpc) is 2.73. The van der Waals surface area contributed by atoms with Crippen LogP contribution in [0, 0.1) is 23.2 Å². The van der Waals surface area contributed by atoms with Crippen LogP contribution in [-0.4, -0.2) is 35.6 Å². The van der Waals surface area contributed by atoms with Gasteiger partial charge in [0, 0.05) is 13.1 Å². The number of nitriles is 1. The maximum Gasteiger partial charge on any atom is 0.329 e. The van der Waals surface area contributed by atoms with Crippen molar-refractivity contribution < 1.29 is 9.53 Å². The van der Waals surface area contributed by atoms with Gasteiger partial charge in [-0.15, -0.1) is 0 Å². The minimum absolute atomic E-state index is 0.338. The highest BCUT2D eigenvalue weighted by molar-refractivity contribution is 5.85. The Morgan fingerprint density at radius 3 is 2.47 bits per heavy atom. The van der Waals surface area contributed by atoms with Crippen molar-refractivity contribution in [2.75, 3.05) is 24.6 Å². The number of carbonyl (C=O) groups is 1. The third-order valence-electron chi connectivity index (χ3n) is 5.63. The van der Waals surface area contributed by atoms with Crippen molar-refractivity contribution in [3.05, 3.63) is 30.0 Å². The number of aromatic nitrogens is 2. The van der Waals surface area contributed by atoms with Crippen LogP contribution in [0.3, 0.4) is 0 Å². The monoisotopic (exact) mass is 408 g/mol. The molecular weight excluding hydrogens is 376 g/mol. The van der Waals surface area contributed by atoms with Gasteiger partial charge in [-0.3, -0.25) is 4.79 Å². The smallest absolute Gasteiger partial charge is 0.329 e. The van der Waals surface area contributed by atoms with Crippen LogP contribution in [0.4, 0.5) is 5.82 Å². The molecule has 0 amide bonds. The highest BCUT2D eigenvalue weighted by atomic mass is 16.5. The van der Waals surface area contributed by atoms with E-state index in [2.05, 4.69) is 31.7 Å². The van der Waals surface area contributed by atoms with Crippen molar-refractivity contribution in [2.45, 2.75) is 58.8 Å². The summed E-state index contributed by atoms with van der Waals surface area (Å²) in [6, 6.07) is 9.73. The van der Waals surface area contributed by atoms with Gasteiger partial charge in [0.1, 0.15) is 5.69 Å². The fourth-order valence-electron chi connectivity index (χ4n) is 4.28. The zero-order valence-corrected chi connectivity index (χ0v) is 18.3. The zero-order chi connectivity index (χ0) is 21.5. The molecule has 1 fully saturated rings. The Morgan fingerprint density at radius 1 is 1.17 bits per heavy atom. The van der Waals surface area contributed by atoms with Gasteiger partial charge in [0.15, 0.2) is 11.7 Å². The lowest BCUT2D eigenvalue weighted by molar-refractivity contribution is -0.144. The second-order valence-corrected chi connectivity index (χ2v) is 8.56. The minimum atomic E-state index is -1.07. The van der Waals surface area contributed by atoms with Crippen LogP contribution in [-0.2, 0) is 9.53 Å². The molecule has 160 valence electrons. The van der Waals surface area contributed by atoms with E-state index in [0.717, 1.165) is 50.7 Å². The van der Waals surface area contributed by atoms with Crippen LogP contribution in [0.25, 0.3) is 11.0 Å². The summed E-state index contributed by atoms with van der Waals surface area (Å²) in [7, 11) is 0. The first-order valence-electron chi connectivity index (χ1n) is 11.1. The molecule has 1 aliphatic rings. The summed E-state index contributed by atoms with van der Waals surface area (Å²) in [5.41, 5.74) is 1.87. The quantitative estimate of drug-likeness (QED) is 0.459. The van der Waals surface area contributed by atoms with Gasteiger partial charge in [-0.2, -0.15) is 5.26 Å². The van der Waals surface area contributed by atoms with Crippen molar-refractivity contribution in [1.82, 2.24) is 9.97 Å². The number of carbonyl (C=O) groups excluding carboxylic acids is 1. The first kappa shape index (κ1) is 22.0. The Labute approximate surface area is 179 Å². The number of piperidine rings is 1. The molecule has 0 aliphatic carbocycles. The number of hydrogen-bond donors (Lipinski definition) is 0. The Balaban J connectivity index is 1.91. The number of esters is 1. The van der Waals surface area contributed by atoms with Gasteiger partial charge in [-0.05, 0) is 36.8 Å². The standard InChI is InChI=1S/C24H32N4O2/c1-4-5-6-9-12-30-24(29)19(14-25)22-23(28-15-17(2)13-18(3)16-28)27-21-11-8-7-10-20(21)26-22/h7-8,10-11,17-19H,4-6,9,12-13,15-16H2,1-3H3/t17-,18+,19-/m1/s1. The SMILES string of the molecule is CCCCCCOC(=O)[C@H](C#N)c1nc2ccccc2nc1N1C[C@H](C)C[C@H](C)C1. The predicted octanol–water partition coefficient (Wildman–Crippen LogP) is 4.84. The topological polar surface area (TPSA) is 79.1 Å². The molecule has 1 aromatic heterocycles. The van der Waals surface area contributed by atoms with Crippen molar-refractivity contribution in [2.24, 2.45) is 11.8 Å². The van der Waals surface area contributed by atoms with Crippen LogP contribution in [0.2, 0.25) is 0 Å². The fraction of sp³-hybridized carbons (Fsp3) is 0.583. The zero-order valence-electron chi connectivity index (χ0n) is 18.3. The van der Waals surface area contributed by atoms with Crippen molar-refractivity contribution in [3.63, 3.8) is 0 Å². The number of nitrogens with zero attached hydrogens (tertiary/aromatic N) is 4. The fourth-order valence-corrected chi connectivity index (χ4v) is 4.28. The molecule has 2 aromatic rings. The molecule has 0 unspecified atom stereocenters. The third-order valence-corrected chi connectivity index (χ3v) is 5.63. The van der Waals surface area contributed by atoms with Gasteiger partial charge in [-0.25, -0.2) is 9.97 Å². The lowest BCUT2D eigenvalue weighted by Crippen LogP contribution is -2.40. The lowest BCUT2D eigenvalue weighted by atomic mass is 9.91. The van der Waals surface area contributed by atoms with E-state index < -0.39 is 11.9 Å². The van der Waals surface area contributed by atoms with E-state index in [1.54, 1.807) is 0 Å². The highest BCUT2D eigenvalue weighted by Crippen LogP contribution is 2.32. The van der Waals surface area contributed by atoms with Crippen LogP contribution in [0.5, 0.6) is 0 Å². The Morgan fingerprint density at radius 2 is 1.83 bits per heavy atom. The average molecular weight is 409 g/mol. The van der Waals surface area contributed by atoms with Crippen molar-refractivity contribution >= 4 is 22.8 Å². The summed E-state index contributed by atoms with van der Waals surface area (Å²) in [6.45, 7) is 8.61. The molecule has 0 bridgehead atoms. The molecule has 0 radical (unpaired) electrons. The number of rotatable bonds is 8. The lowest BCUT2D eigenvalue weighted by Gasteiger charge is -2.36. The van der Waals surface area contributed by atoms with Gasteiger partial charge in [-0.1, -0.05) is 52.2 Å². The molecular formula is C24H32N4O2. The predicted molar refractivity (Wildman–Crippen MR) is 118 cm³/mol. The van der Waals surface area contributed by atoms with E-state index in [9.17, 15) is 10.1 Å². The first-order valence-corrected chi connectivity index (χ1v) is 11.1. The number of ether oxygens (including phenoxy) is 1. The molecule has 3 rings (SSSR count). The Kier molecular flexibility index (Phi) is 7.62. The van der Waals surface area contributed by atoms with E-state index in [-0.39, 0.29) is 0 Å². The number of unbranched alkanes of at least 4 members (excludes halogenated alkanes) is 3. The van der Waals surface area contributed by atoms with Crippen LogP contribution >= 0.6 is 0 Å². The molecule has 1 saturated heterocycles. The summed E-state index contributed by atoms with van der Waals surface area (Å²) in [5.74, 6) is 0.0668. The molecule has 6 heteroatoms. The summed E-state index contributed by atoms with van der Waals surface area (Å²) in [5, 5.41) is 9.85. The van der Waals surface area contributed by atoms with E-state index >= 15 is 0 Å². The maximum absolute atomic E-state index is 12.8. The molecule has 6 nitrogen and oxygen atoms in total. The van der Waals surface area contributed by atoms with Gasteiger partial charge >= 0.3 is 5.97 Å². The van der Waals surface area contributed by atoms with Crippen molar-refractivity contribution in [3.8, 4) is 6.07 Å². The molecule has 0 spiro atoms. The van der Waals surface area contributed by atoms with Crippen LogP contribution in [0.1, 0.15) is 64.5 Å². The summed E-state index contributed by atoms with van der Waals surface area (Å²) < 4.78 is 5.44. The molecule has 0 saturated carbocycles.